The number of aromatic nitrogens is 1. The Morgan fingerprint density at radius 2 is 2.06 bits per heavy atom. The van der Waals surface area contributed by atoms with Crippen molar-refractivity contribution in [1.82, 2.24) is 4.98 Å². The number of hydrogen-bond acceptors (Lipinski definition) is 3. The minimum atomic E-state index is -1.73. The highest BCUT2D eigenvalue weighted by Crippen LogP contribution is 2.32. The molecule has 8 heteroatoms. The summed E-state index contributed by atoms with van der Waals surface area (Å²) < 4.78 is -0.830. The first-order chi connectivity index (χ1) is 7.86. The van der Waals surface area contributed by atoms with Crippen LogP contribution in [-0.2, 0) is 0 Å². The van der Waals surface area contributed by atoms with Crippen LogP contribution in [0.5, 0.6) is 0 Å². The van der Waals surface area contributed by atoms with E-state index in [9.17, 15) is 0 Å². The number of aliphatic imine (C=N–C) groups is 1. The van der Waals surface area contributed by atoms with E-state index in [0.717, 1.165) is 10.2 Å². The van der Waals surface area contributed by atoms with E-state index in [1.165, 1.54) is 11.3 Å². The molecule has 2 aromatic rings. The highest BCUT2D eigenvalue weighted by atomic mass is 35.6. The first-order valence-electron chi connectivity index (χ1n) is 4.34. The molecule has 0 fully saturated rings. The smallest absolute Gasteiger partial charge is 0.247 e. The molecule has 0 aliphatic heterocycles. The number of nitrogens with zero attached hydrogens (tertiary/aromatic N) is 2. The zero-order valence-corrected chi connectivity index (χ0v) is 12.0. The molecule has 0 saturated heterocycles. The first-order valence-corrected chi connectivity index (χ1v) is 6.66. The van der Waals surface area contributed by atoms with Crippen LogP contribution in [-0.4, -0.2) is 14.6 Å². The fraction of sp³-hybridized carbons (Fsp3) is 0.111. The molecule has 3 nitrogen and oxygen atoms in total. The molecule has 0 aliphatic rings. The molecule has 0 saturated carbocycles. The fourth-order valence-corrected chi connectivity index (χ4v) is 2.35. The predicted octanol–water partition coefficient (Wildman–Crippen LogP) is 4.31. The lowest BCUT2D eigenvalue weighted by Crippen LogP contribution is -2.27. The maximum Gasteiger partial charge on any atom is 0.247 e. The number of nitrogens with two attached hydrogens (primary N) is 1. The number of hydrogen-bond donors (Lipinski definition) is 1. The summed E-state index contributed by atoms with van der Waals surface area (Å²) in [4.78, 5) is 8.18. The molecule has 0 spiro atoms. The number of fused-ring (bicyclic) bond motifs is 1. The van der Waals surface area contributed by atoms with E-state index in [-0.39, 0.29) is 5.84 Å². The monoisotopic (exact) mass is 327 g/mol. The third-order valence-electron chi connectivity index (χ3n) is 1.85. The Hall–Kier alpha value is -0.260. The van der Waals surface area contributed by atoms with Crippen LogP contribution in [0.1, 0.15) is 0 Å². The van der Waals surface area contributed by atoms with Crippen LogP contribution in [0, 0.1) is 0 Å². The largest absolute Gasteiger partial charge is 0.383 e. The van der Waals surface area contributed by atoms with Gasteiger partial charge in [0.15, 0.2) is 5.84 Å². The van der Waals surface area contributed by atoms with Gasteiger partial charge in [0.25, 0.3) is 0 Å². The van der Waals surface area contributed by atoms with Crippen molar-refractivity contribution in [2.75, 3.05) is 0 Å². The molecular weight excluding hydrogens is 324 g/mol. The molecule has 0 aliphatic carbocycles. The summed E-state index contributed by atoms with van der Waals surface area (Å²) in [6.45, 7) is 0. The molecule has 1 aromatic carbocycles. The van der Waals surface area contributed by atoms with Crippen LogP contribution >= 0.6 is 57.7 Å². The summed E-state index contributed by atoms with van der Waals surface area (Å²) in [7, 11) is 0. The Labute approximate surface area is 121 Å². The maximum atomic E-state index is 5.86. The van der Waals surface area contributed by atoms with E-state index in [2.05, 4.69) is 9.98 Å². The Balaban J connectivity index is 2.44. The Kier molecular flexibility index (Phi) is 3.71. The SMILES string of the molecule is N/C(=N\c1nc2ccc(Cl)cc2s1)C(Cl)(Cl)Cl. The van der Waals surface area contributed by atoms with E-state index in [1.807, 2.05) is 0 Å². The van der Waals surface area contributed by atoms with Crippen molar-refractivity contribution in [3.8, 4) is 0 Å². The van der Waals surface area contributed by atoms with Crippen molar-refractivity contribution in [2.24, 2.45) is 10.7 Å². The zero-order valence-electron chi connectivity index (χ0n) is 8.12. The maximum absolute atomic E-state index is 5.86. The molecule has 1 heterocycles. The highest BCUT2D eigenvalue weighted by molar-refractivity contribution is 7.22. The van der Waals surface area contributed by atoms with Gasteiger partial charge in [0.2, 0.25) is 8.92 Å². The molecule has 0 radical (unpaired) electrons. The van der Waals surface area contributed by atoms with E-state index < -0.39 is 3.79 Å². The van der Waals surface area contributed by atoms with E-state index in [4.69, 9.17) is 52.1 Å². The third-order valence-corrected chi connectivity index (χ3v) is 3.57. The molecule has 0 unspecified atom stereocenters. The topological polar surface area (TPSA) is 51.3 Å². The minimum Gasteiger partial charge on any atom is -0.383 e. The number of rotatable bonds is 1. The minimum absolute atomic E-state index is 0.118. The van der Waals surface area contributed by atoms with Crippen molar-refractivity contribution in [3.63, 3.8) is 0 Å². The molecule has 2 rings (SSSR count). The van der Waals surface area contributed by atoms with Crippen LogP contribution in [0.4, 0.5) is 5.13 Å². The highest BCUT2D eigenvalue weighted by Gasteiger charge is 2.25. The van der Waals surface area contributed by atoms with E-state index >= 15 is 0 Å². The number of amidine groups is 1. The van der Waals surface area contributed by atoms with Crippen LogP contribution < -0.4 is 5.73 Å². The van der Waals surface area contributed by atoms with Gasteiger partial charge in [-0.25, -0.2) is 9.98 Å². The van der Waals surface area contributed by atoms with Crippen LogP contribution in [0.2, 0.25) is 5.02 Å². The van der Waals surface area contributed by atoms with E-state index in [0.29, 0.717) is 10.2 Å². The lowest BCUT2D eigenvalue weighted by atomic mass is 10.3. The molecule has 17 heavy (non-hydrogen) atoms. The van der Waals surface area contributed by atoms with Gasteiger partial charge < -0.3 is 5.73 Å². The van der Waals surface area contributed by atoms with Crippen LogP contribution in [0.15, 0.2) is 23.2 Å². The van der Waals surface area contributed by atoms with Gasteiger partial charge in [0, 0.05) is 5.02 Å². The second kappa shape index (κ2) is 4.78. The number of halogens is 4. The third kappa shape index (κ3) is 3.14. The summed E-state index contributed by atoms with van der Waals surface area (Å²) in [5.74, 6) is -0.118. The lowest BCUT2D eigenvalue weighted by Gasteiger charge is -2.07. The summed E-state index contributed by atoms with van der Waals surface area (Å²) >= 11 is 23.9. The quantitative estimate of drug-likeness (QED) is 0.482. The fourth-order valence-electron chi connectivity index (χ4n) is 1.10. The normalized spacial score (nSPS) is 13.3. The standard InChI is InChI=1S/C9H5Cl4N3S/c10-4-1-2-5-6(3-4)17-8(15-5)16-7(14)9(11,12)13/h1-3H,(H2,14,15,16). The number of thiazole rings is 1. The molecule has 1 aromatic heterocycles. The summed E-state index contributed by atoms with van der Waals surface area (Å²) in [6.07, 6.45) is 0. The van der Waals surface area contributed by atoms with Crippen molar-refractivity contribution in [3.05, 3.63) is 23.2 Å². The van der Waals surface area contributed by atoms with Crippen molar-refractivity contribution >= 4 is 78.9 Å². The Morgan fingerprint density at radius 3 is 2.71 bits per heavy atom. The van der Waals surface area contributed by atoms with Crippen molar-refractivity contribution < 1.29 is 0 Å². The molecule has 0 amide bonds. The van der Waals surface area contributed by atoms with Gasteiger partial charge in [-0.05, 0) is 18.2 Å². The molecule has 0 bridgehead atoms. The van der Waals surface area contributed by atoms with Gasteiger partial charge in [-0.15, -0.1) is 0 Å². The number of benzene rings is 1. The van der Waals surface area contributed by atoms with Gasteiger partial charge >= 0.3 is 0 Å². The summed E-state index contributed by atoms with van der Waals surface area (Å²) in [5, 5.41) is 1.05. The summed E-state index contributed by atoms with van der Waals surface area (Å²) in [6, 6.07) is 5.33. The Bertz CT molecular complexity index is 587. The van der Waals surface area contributed by atoms with Gasteiger partial charge in [0.1, 0.15) is 0 Å². The van der Waals surface area contributed by atoms with Crippen LogP contribution in [0.3, 0.4) is 0 Å². The summed E-state index contributed by atoms with van der Waals surface area (Å²) in [5.41, 5.74) is 6.30. The van der Waals surface area contributed by atoms with Crippen molar-refractivity contribution in [1.29, 1.82) is 0 Å². The second-order valence-electron chi connectivity index (χ2n) is 3.10. The van der Waals surface area contributed by atoms with Gasteiger partial charge in [-0.1, -0.05) is 57.7 Å². The second-order valence-corrected chi connectivity index (χ2v) is 6.83. The van der Waals surface area contributed by atoms with Gasteiger partial charge in [0.05, 0.1) is 10.2 Å². The molecule has 90 valence electrons. The Morgan fingerprint density at radius 1 is 1.35 bits per heavy atom. The molecular formula is C9H5Cl4N3S. The molecule has 2 N–H and O–H groups in total. The zero-order chi connectivity index (χ0) is 12.6. The average Bonchev–Trinajstić information content (AvgIpc) is 2.57. The average molecular weight is 329 g/mol. The predicted molar refractivity (Wildman–Crippen MR) is 76.2 cm³/mol. The molecule has 0 atom stereocenters. The van der Waals surface area contributed by atoms with Gasteiger partial charge in [-0.2, -0.15) is 0 Å². The lowest BCUT2D eigenvalue weighted by molar-refractivity contribution is 1.34. The van der Waals surface area contributed by atoms with Crippen molar-refractivity contribution in [2.45, 2.75) is 3.79 Å². The van der Waals surface area contributed by atoms with Crippen LogP contribution in [0.25, 0.3) is 10.2 Å². The number of alkyl halides is 3. The van der Waals surface area contributed by atoms with E-state index in [1.54, 1.807) is 18.2 Å². The van der Waals surface area contributed by atoms with Gasteiger partial charge in [-0.3, -0.25) is 0 Å². The first kappa shape index (κ1) is 13.2.